The Morgan fingerprint density at radius 1 is 1.31 bits per heavy atom. The molecule has 4 rings (SSSR count). The van der Waals surface area contributed by atoms with E-state index in [1.165, 1.54) is 0 Å². The van der Waals surface area contributed by atoms with Crippen LogP contribution in [0.2, 0.25) is 0 Å². The average molecular weight is 390 g/mol. The Labute approximate surface area is 166 Å². The predicted octanol–water partition coefficient (Wildman–Crippen LogP) is 3.09. The second-order valence-corrected chi connectivity index (χ2v) is 6.32. The molecule has 3 aromatic heterocycles. The van der Waals surface area contributed by atoms with Gasteiger partial charge in [-0.3, -0.25) is 9.78 Å². The van der Waals surface area contributed by atoms with Crippen LogP contribution in [0.4, 0.5) is 5.69 Å². The van der Waals surface area contributed by atoms with Gasteiger partial charge in [0.25, 0.3) is 0 Å². The lowest BCUT2D eigenvalue weighted by molar-refractivity contribution is -0.139. The monoisotopic (exact) mass is 390 g/mol. The molecule has 0 atom stereocenters. The summed E-state index contributed by atoms with van der Waals surface area (Å²) in [5.41, 5.74) is 2.65. The quantitative estimate of drug-likeness (QED) is 0.392. The molecule has 0 radical (unpaired) electrons. The largest absolute Gasteiger partial charge is 0.462 e. The van der Waals surface area contributed by atoms with E-state index in [1.807, 2.05) is 13.0 Å². The summed E-state index contributed by atoms with van der Waals surface area (Å²) in [5, 5.41) is 3.78. The maximum absolute atomic E-state index is 12.9. The minimum atomic E-state index is -0.746. The highest BCUT2D eigenvalue weighted by atomic mass is 16.5. The Balaban J connectivity index is 1.70. The summed E-state index contributed by atoms with van der Waals surface area (Å²) in [6.45, 7) is 3.67. The molecule has 8 nitrogen and oxygen atoms in total. The van der Waals surface area contributed by atoms with Crippen LogP contribution in [-0.4, -0.2) is 33.3 Å². The van der Waals surface area contributed by atoms with E-state index in [2.05, 4.69) is 20.3 Å². The Morgan fingerprint density at radius 2 is 2.17 bits per heavy atom. The highest BCUT2D eigenvalue weighted by molar-refractivity contribution is 6.26. The molecule has 0 amide bonds. The van der Waals surface area contributed by atoms with Crippen molar-refractivity contribution < 1.29 is 19.1 Å². The Kier molecular flexibility index (Phi) is 4.82. The molecule has 0 unspecified atom stereocenters. The van der Waals surface area contributed by atoms with Gasteiger partial charge in [-0.05, 0) is 44.2 Å². The summed E-state index contributed by atoms with van der Waals surface area (Å²) >= 11 is 0. The third kappa shape index (κ3) is 3.60. The van der Waals surface area contributed by atoms with Gasteiger partial charge in [0.15, 0.2) is 11.3 Å². The normalized spacial score (nSPS) is 15.1. The highest BCUT2D eigenvalue weighted by Crippen LogP contribution is 2.30. The number of H-pyrrole nitrogens is 1. The van der Waals surface area contributed by atoms with E-state index in [0.717, 1.165) is 16.6 Å². The maximum atomic E-state index is 12.9. The number of ether oxygens (including phenoxy) is 2. The van der Waals surface area contributed by atoms with Gasteiger partial charge in [-0.1, -0.05) is 0 Å². The maximum Gasteiger partial charge on any atom is 0.347 e. The van der Waals surface area contributed by atoms with Crippen LogP contribution in [-0.2, 0) is 19.1 Å². The van der Waals surface area contributed by atoms with Crippen molar-refractivity contribution in [1.29, 1.82) is 0 Å². The number of ketones is 1. The van der Waals surface area contributed by atoms with E-state index in [0.29, 0.717) is 11.3 Å². The average Bonchev–Trinajstić information content (AvgIpc) is 3.25. The molecule has 29 heavy (non-hydrogen) atoms. The van der Waals surface area contributed by atoms with E-state index in [-0.39, 0.29) is 23.8 Å². The molecular weight excluding hydrogens is 372 g/mol. The fraction of sp³-hybridized carbons (Fsp3) is 0.143. The molecule has 1 aliphatic rings. The number of aromatic nitrogens is 3. The Bertz CT molecular complexity index is 1160. The summed E-state index contributed by atoms with van der Waals surface area (Å²) in [6.07, 6.45) is 6.56. The number of allylic oxidation sites excluding steroid dienone is 1. The molecule has 4 heterocycles. The van der Waals surface area contributed by atoms with Crippen LogP contribution in [0.15, 0.2) is 60.1 Å². The van der Waals surface area contributed by atoms with Crippen molar-refractivity contribution in [3.63, 3.8) is 0 Å². The van der Waals surface area contributed by atoms with Crippen LogP contribution >= 0.6 is 0 Å². The lowest BCUT2D eigenvalue weighted by atomic mass is 10.1. The Hall–Kier alpha value is -3.94. The standard InChI is InChI=1S/C21H18N4O4/c1-3-28-21(27)17-18(26)16(9-13-10-24-19-15(13)5-4-8-22-19)29-20(17)25-14-7-6-12(2)23-11-14/h4-11,25H,3H2,1-2H3,(H,22,24)/b16-9-. The van der Waals surface area contributed by atoms with Gasteiger partial charge in [-0.2, -0.15) is 0 Å². The van der Waals surface area contributed by atoms with E-state index >= 15 is 0 Å². The van der Waals surface area contributed by atoms with Gasteiger partial charge in [0.2, 0.25) is 11.7 Å². The number of pyridine rings is 2. The second kappa shape index (κ2) is 7.59. The third-order valence-corrected chi connectivity index (χ3v) is 4.31. The molecule has 3 aromatic rings. The van der Waals surface area contributed by atoms with Crippen molar-refractivity contribution in [3.05, 3.63) is 71.3 Å². The number of aryl methyl sites for hydroxylation is 1. The molecule has 0 saturated carbocycles. The van der Waals surface area contributed by atoms with E-state index in [4.69, 9.17) is 9.47 Å². The van der Waals surface area contributed by atoms with Gasteiger partial charge < -0.3 is 19.8 Å². The van der Waals surface area contributed by atoms with Gasteiger partial charge in [0.05, 0.1) is 18.5 Å². The summed E-state index contributed by atoms with van der Waals surface area (Å²) in [6, 6.07) is 7.26. The summed E-state index contributed by atoms with van der Waals surface area (Å²) in [4.78, 5) is 36.8. The molecule has 0 saturated heterocycles. The molecular formula is C21H18N4O4. The number of fused-ring (bicyclic) bond motifs is 1. The predicted molar refractivity (Wildman–Crippen MR) is 106 cm³/mol. The van der Waals surface area contributed by atoms with Crippen LogP contribution in [0.3, 0.4) is 0 Å². The summed E-state index contributed by atoms with van der Waals surface area (Å²) < 4.78 is 10.8. The minimum Gasteiger partial charge on any atom is -0.462 e. The summed E-state index contributed by atoms with van der Waals surface area (Å²) in [5.74, 6) is -1.27. The SMILES string of the molecule is CCOC(=O)C1=C(Nc2ccc(C)nc2)O/C(=C\c2c[nH]c3ncccc23)C1=O. The van der Waals surface area contributed by atoms with E-state index < -0.39 is 11.8 Å². The number of rotatable bonds is 5. The molecule has 0 fully saturated rings. The molecule has 0 bridgehead atoms. The van der Waals surface area contributed by atoms with Crippen LogP contribution < -0.4 is 5.32 Å². The first-order valence-electron chi connectivity index (χ1n) is 9.04. The van der Waals surface area contributed by atoms with Crippen LogP contribution in [0.25, 0.3) is 17.1 Å². The van der Waals surface area contributed by atoms with Crippen LogP contribution in [0, 0.1) is 6.92 Å². The second-order valence-electron chi connectivity index (χ2n) is 6.32. The van der Waals surface area contributed by atoms with Crippen molar-refractivity contribution in [2.45, 2.75) is 13.8 Å². The number of anilines is 1. The van der Waals surface area contributed by atoms with Crippen LogP contribution in [0.1, 0.15) is 18.2 Å². The molecule has 0 aromatic carbocycles. The number of carbonyl (C=O) groups is 2. The fourth-order valence-electron chi connectivity index (χ4n) is 2.92. The van der Waals surface area contributed by atoms with Gasteiger partial charge in [0, 0.05) is 29.0 Å². The summed E-state index contributed by atoms with van der Waals surface area (Å²) in [7, 11) is 0. The Morgan fingerprint density at radius 3 is 2.93 bits per heavy atom. The van der Waals surface area contributed by atoms with Crippen molar-refractivity contribution in [3.8, 4) is 0 Å². The third-order valence-electron chi connectivity index (χ3n) is 4.31. The smallest absolute Gasteiger partial charge is 0.347 e. The van der Waals surface area contributed by atoms with Crippen LogP contribution in [0.5, 0.6) is 0 Å². The first kappa shape index (κ1) is 18.4. The zero-order valence-corrected chi connectivity index (χ0v) is 15.9. The lowest BCUT2D eigenvalue weighted by Crippen LogP contribution is -2.16. The number of hydrogen-bond donors (Lipinski definition) is 2. The van der Waals surface area contributed by atoms with E-state index in [9.17, 15) is 9.59 Å². The van der Waals surface area contributed by atoms with Gasteiger partial charge in [-0.25, -0.2) is 9.78 Å². The molecule has 0 aliphatic carbocycles. The number of nitrogens with one attached hydrogen (secondary N) is 2. The van der Waals surface area contributed by atoms with Gasteiger partial charge >= 0.3 is 5.97 Å². The molecule has 146 valence electrons. The molecule has 2 N–H and O–H groups in total. The lowest BCUT2D eigenvalue weighted by Gasteiger charge is -2.08. The highest BCUT2D eigenvalue weighted by Gasteiger charge is 2.37. The zero-order chi connectivity index (χ0) is 20.4. The van der Waals surface area contributed by atoms with Crippen molar-refractivity contribution in [2.75, 3.05) is 11.9 Å². The van der Waals surface area contributed by atoms with Gasteiger partial charge in [0.1, 0.15) is 5.65 Å². The number of nitrogens with zero attached hydrogens (tertiary/aromatic N) is 2. The first-order valence-corrected chi connectivity index (χ1v) is 9.04. The van der Waals surface area contributed by atoms with Crippen molar-refractivity contribution >= 4 is 34.5 Å². The molecule has 0 spiro atoms. The van der Waals surface area contributed by atoms with Crippen molar-refractivity contribution in [1.82, 2.24) is 15.0 Å². The van der Waals surface area contributed by atoms with Crippen molar-refractivity contribution in [2.24, 2.45) is 0 Å². The van der Waals surface area contributed by atoms with E-state index in [1.54, 1.807) is 49.8 Å². The number of hydrogen-bond acceptors (Lipinski definition) is 7. The zero-order valence-electron chi connectivity index (χ0n) is 15.9. The topological polar surface area (TPSA) is 106 Å². The minimum absolute atomic E-state index is 0.0142. The number of aromatic amines is 1. The number of carbonyl (C=O) groups excluding carboxylic acids is 2. The number of esters is 1. The molecule has 1 aliphatic heterocycles. The molecule has 8 heteroatoms. The number of Topliss-reactive ketones (excluding diaryl/α,β-unsaturated/α-hetero) is 1. The van der Waals surface area contributed by atoms with Gasteiger partial charge in [-0.15, -0.1) is 0 Å². The fourth-order valence-corrected chi connectivity index (χ4v) is 2.92. The first-order chi connectivity index (χ1) is 14.1.